The number of aryl methyl sites for hydroxylation is 2. The number of carboxylic acid groups (broad SMARTS) is 2. The molecular weight excluding hydrogens is 236 g/mol. The predicted octanol–water partition coefficient (Wildman–Crippen LogP) is 2.32. The smallest absolute Gasteiger partial charge is 0.303 e. The molecule has 0 aliphatic heterocycles. The molecule has 2 N–H and O–H groups in total. The fraction of sp³-hybridized carbons (Fsp3) is 0.538. The minimum atomic E-state index is -0.851. The van der Waals surface area contributed by atoms with Crippen molar-refractivity contribution in [2.24, 2.45) is 0 Å². The van der Waals surface area contributed by atoms with Crippen molar-refractivity contribution >= 4 is 11.9 Å². The van der Waals surface area contributed by atoms with E-state index in [2.05, 4.69) is 0 Å². The van der Waals surface area contributed by atoms with Crippen molar-refractivity contribution in [1.82, 2.24) is 0 Å². The van der Waals surface area contributed by atoms with Crippen molar-refractivity contribution in [3.63, 3.8) is 0 Å². The average Bonchev–Trinajstić information content (AvgIpc) is 2.54. The summed E-state index contributed by atoms with van der Waals surface area (Å²) in [6.45, 7) is 3.82. The molecule has 1 aromatic heterocycles. The molecule has 5 nitrogen and oxygen atoms in total. The van der Waals surface area contributed by atoms with E-state index >= 15 is 0 Å². The number of carbonyl (C=O) groups is 2. The molecule has 1 heterocycles. The molecule has 0 spiro atoms. The van der Waals surface area contributed by atoms with Crippen LogP contribution in [0.5, 0.6) is 0 Å². The van der Waals surface area contributed by atoms with Gasteiger partial charge in [0.05, 0.1) is 6.42 Å². The second-order valence-electron chi connectivity index (χ2n) is 4.34. The normalized spacial score (nSPS) is 10.6. The third kappa shape index (κ3) is 3.91. The van der Waals surface area contributed by atoms with Gasteiger partial charge in [0.2, 0.25) is 0 Å². The largest absolute Gasteiger partial charge is 0.481 e. The molecule has 0 saturated heterocycles. The highest BCUT2D eigenvalue weighted by atomic mass is 16.4. The van der Waals surface area contributed by atoms with Crippen molar-refractivity contribution < 1.29 is 24.2 Å². The van der Waals surface area contributed by atoms with Crippen LogP contribution in [0.3, 0.4) is 0 Å². The van der Waals surface area contributed by atoms with Crippen LogP contribution in [0.1, 0.15) is 41.9 Å². The average molecular weight is 254 g/mol. The molecule has 5 heteroatoms. The number of rotatable bonds is 7. The van der Waals surface area contributed by atoms with Crippen LogP contribution in [0.15, 0.2) is 4.42 Å². The van der Waals surface area contributed by atoms with Gasteiger partial charge in [-0.1, -0.05) is 0 Å². The third-order valence-electron chi connectivity index (χ3n) is 3.01. The Morgan fingerprint density at radius 3 is 1.94 bits per heavy atom. The molecule has 0 aliphatic rings. The molecule has 0 atom stereocenters. The molecule has 1 rings (SSSR count). The first-order chi connectivity index (χ1) is 8.41. The summed E-state index contributed by atoms with van der Waals surface area (Å²) in [5.74, 6) is -0.202. The highest BCUT2D eigenvalue weighted by Crippen LogP contribution is 2.24. The van der Waals surface area contributed by atoms with Gasteiger partial charge in [-0.3, -0.25) is 9.59 Å². The van der Waals surface area contributed by atoms with Crippen LogP contribution in [0, 0.1) is 13.8 Å². The van der Waals surface area contributed by atoms with Crippen molar-refractivity contribution in [3.8, 4) is 0 Å². The Kier molecular flexibility index (Phi) is 4.95. The van der Waals surface area contributed by atoms with Gasteiger partial charge in [-0.25, -0.2) is 0 Å². The molecular formula is C13H18O5. The maximum atomic E-state index is 10.5. The Bertz CT molecular complexity index is 444. The van der Waals surface area contributed by atoms with Crippen molar-refractivity contribution in [2.45, 2.75) is 46.0 Å². The van der Waals surface area contributed by atoms with Gasteiger partial charge in [-0.05, 0) is 31.4 Å². The van der Waals surface area contributed by atoms with Crippen LogP contribution in [-0.4, -0.2) is 22.2 Å². The number of aliphatic carboxylic acids is 2. The highest BCUT2D eigenvalue weighted by molar-refractivity contribution is 5.67. The Hall–Kier alpha value is -1.78. The lowest BCUT2D eigenvalue weighted by atomic mass is 10.1. The summed E-state index contributed by atoms with van der Waals surface area (Å²) in [5.41, 5.74) is 1.97. The van der Waals surface area contributed by atoms with Crippen molar-refractivity contribution in [3.05, 3.63) is 22.6 Å². The van der Waals surface area contributed by atoms with Gasteiger partial charge >= 0.3 is 11.9 Å². The molecule has 0 radical (unpaired) electrons. The zero-order chi connectivity index (χ0) is 13.7. The van der Waals surface area contributed by atoms with Crippen molar-refractivity contribution in [2.75, 3.05) is 0 Å². The molecule has 0 bridgehead atoms. The van der Waals surface area contributed by atoms with Crippen LogP contribution in [0.4, 0.5) is 0 Å². The second kappa shape index (κ2) is 6.23. The Balaban J connectivity index is 2.66. The molecule has 0 aromatic carbocycles. The topological polar surface area (TPSA) is 87.7 Å². The van der Waals surface area contributed by atoms with E-state index in [1.54, 1.807) is 0 Å². The lowest BCUT2D eigenvalue weighted by Crippen LogP contribution is -1.97. The summed E-state index contributed by atoms with van der Waals surface area (Å²) in [6, 6.07) is 0. The summed E-state index contributed by atoms with van der Waals surface area (Å²) in [4.78, 5) is 20.9. The molecule has 18 heavy (non-hydrogen) atoms. The van der Waals surface area contributed by atoms with E-state index < -0.39 is 11.9 Å². The first-order valence-corrected chi connectivity index (χ1v) is 5.93. The Morgan fingerprint density at radius 2 is 1.44 bits per heavy atom. The van der Waals surface area contributed by atoms with E-state index in [4.69, 9.17) is 14.6 Å². The van der Waals surface area contributed by atoms with Crippen LogP contribution in [0.25, 0.3) is 0 Å². The first kappa shape index (κ1) is 14.3. The minimum absolute atomic E-state index is 0.0440. The standard InChI is InChI=1S/C13H18O5/c1-8-9(2)11(6-7-13(16)17)18-10(8)4-3-5-12(14)15/h3-7H2,1-2H3,(H,14,15)(H,16,17). The number of furan rings is 1. The third-order valence-corrected chi connectivity index (χ3v) is 3.01. The number of carboxylic acids is 2. The Morgan fingerprint density at radius 1 is 0.944 bits per heavy atom. The van der Waals surface area contributed by atoms with Crippen LogP contribution in [0.2, 0.25) is 0 Å². The molecule has 0 unspecified atom stereocenters. The molecule has 0 aliphatic carbocycles. The van der Waals surface area contributed by atoms with E-state index in [0.29, 0.717) is 25.0 Å². The maximum Gasteiger partial charge on any atom is 0.303 e. The fourth-order valence-electron chi connectivity index (χ4n) is 1.82. The Labute approximate surface area is 105 Å². The second-order valence-corrected chi connectivity index (χ2v) is 4.34. The number of hydrogen-bond donors (Lipinski definition) is 2. The molecule has 0 amide bonds. The maximum absolute atomic E-state index is 10.5. The summed E-state index contributed by atoms with van der Waals surface area (Å²) in [7, 11) is 0. The van der Waals surface area contributed by atoms with Gasteiger partial charge in [0.15, 0.2) is 0 Å². The summed E-state index contributed by atoms with van der Waals surface area (Å²) < 4.78 is 5.62. The van der Waals surface area contributed by atoms with E-state index in [1.165, 1.54) is 0 Å². The van der Waals surface area contributed by atoms with E-state index in [0.717, 1.165) is 16.9 Å². The van der Waals surface area contributed by atoms with E-state index in [9.17, 15) is 9.59 Å². The van der Waals surface area contributed by atoms with Gasteiger partial charge in [0.1, 0.15) is 11.5 Å². The van der Waals surface area contributed by atoms with E-state index in [1.807, 2.05) is 13.8 Å². The van der Waals surface area contributed by atoms with Gasteiger partial charge < -0.3 is 14.6 Å². The fourth-order valence-corrected chi connectivity index (χ4v) is 1.82. The number of hydrogen-bond acceptors (Lipinski definition) is 3. The molecule has 1 aromatic rings. The van der Waals surface area contributed by atoms with E-state index in [-0.39, 0.29) is 12.8 Å². The lowest BCUT2D eigenvalue weighted by molar-refractivity contribution is -0.138. The molecule has 100 valence electrons. The first-order valence-electron chi connectivity index (χ1n) is 5.93. The summed E-state index contributed by atoms with van der Waals surface area (Å²) >= 11 is 0. The monoisotopic (exact) mass is 254 g/mol. The summed E-state index contributed by atoms with van der Waals surface area (Å²) in [6.07, 6.45) is 1.64. The SMILES string of the molecule is Cc1c(CCCC(=O)O)oc(CCC(=O)O)c1C. The van der Waals surface area contributed by atoms with Gasteiger partial charge in [0.25, 0.3) is 0 Å². The quantitative estimate of drug-likeness (QED) is 0.779. The van der Waals surface area contributed by atoms with Crippen molar-refractivity contribution in [1.29, 1.82) is 0 Å². The zero-order valence-electron chi connectivity index (χ0n) is 10.7. The van der Waals surface area contributed by atoms with Gasteiger partial charge in [0, 0.05) is 19.3 Å². The highest BCUT2D eigenvalue weighted by Gasteiger charge is 2.14. The molecule has 0 saturated carbocycles. The summed E-state index contributed by atoms with van der Waals surface area (Å²) in [5, 5.41) is 17.2. The predicted molar refractivity (Wildman–Crippen MR) is 64.7 cm³/mol. The van der Waals surface area contributed by atoms with Gasteiger partial charge in [-0.15, -0.1) is 0 Å². The minimum Gasteiger partial charge on any atom is -0.481 e. The molecule has 0 fully saturated rings. The zero-order valence-corrected chi connectivity index (χ0v) is 10.7. The van der Waals surface area contributed by atoms with Crippen LogP contribution < -0.4 is 0 Å². The van der Waals surface area contributed by atoms with Crippen LogP contribution >= 0.6 is 0 Å². The van der Waals surface area contributed by atoms with Gasteiger partial charge in [-0.2, -0.15) is 0 Å². The van der Waals surface area contributed by atoms with Crippen LogP contribution in [-0.2, 0) is 22.4 Å². The lowest BCUT2D eigenvalue weighted by Gasteiger charge is -1.97.